The molecule has 2 amide bonds. The lowest BCUT2D eigenvalue weighted by Gasteiger charge is -2.63. The van der Waals surface area contributed by atoms with Crippen molar-refractivity contribution in [2.24, 2.45) is 11.3 Å². The molecule has 3 aromatic rings. The van der Waals surface area contributed by atoms with Gasteiger partial charge in [0.05, 0.1) is 131 Å². The Morgan fingerprint density at radius 3 is 2.07 bits per heavy atom. The number of piperidine rings is 1. The Hall–Kier alpha value is -4.09. The van der Waals surface area contributed by atoms with E-state index in [0.29, 0.717) is 162 Å². The van der Waals surface area contributed by atoms with E-state index < -0.39 is 58.0 Å². The first-order valence-corrected chi connectivity index (χ1v) is 35.4. The van der Waals surface area contributed by atoms with Crippen LogP contribution < -0.4 is 20.3 Å². The van der Waals surface area contributed by atoms with E-state index in [9.17, 15) is 24.9 Å². The number of H-pyrrole nitrogens is 1. The molecule has 1 saturated carbocycles. The summed E-state index contributed by atoms with van der Waals surface area (Å²) in [7, 11) is 6.55. The summed E-state index contributed by atoms with van der Waals surface area (Å²) >= 11 is 0. The molecule has 91 heavy (non-hydrogen) atoms. The number of fused-ring (bicyclic) bond motifs is 6. The Morgan fingerprint density at radius 1 is 0.780 bits per heavy atom. The number of aromatic amines is 1. The maximum absolute atomic E-state index is 15.2. The van der Waals surface area contributed by atoms with Crippen molar-refractivity contribution in [3.05, 3.63) is 77.5 Å². The fraction of sp³-hybridized carbons (Fsp3) is 0.701. The number of carbonyl (C=O) groups excluding carboxylic acids is 3. The summed E-state index contributed by atoms with van der Waals surface area (Å²) in [6.45, 7) is 20.8. The van der Waals surface area contributed by atoms with Crippen LogP contribution in [0.4, 0.5) is 10.5 Å². The normalized spacial score (nSPS) is 28.2. The Bertz CT molecular complexity index is 2870. The van der Waals surface area contributed by atoms with Crippen LogP contribution in [0.1, 0.15) is 88.6 Å². The third-order valence-corrected chi connectivity index (χ3v) is 21.9. The second-order valence-electron chi connectivity index (χ2n) is 25.1. The lowest BCUT2D eigenvalue weighted by atomic mass is 9.47. The second-order valence-corrected chi connectivity index (χ2v) is 27.7. The number of nitrogens with zero attached hydrogens (tertiary/aromatic N) is 3. The molecule has 2 bridgehead atoms. The molecule has 1 unspecified atom stereocenters. The van der Waals surface area contributed by atoms with Gasteiger partial charge in [0.25, 0.3) is 0 Å². The second kappa shape index (κ2) is 33.5. The number of aliphatic hydroxyl groups excluding tert-OH is 1. The molecule has 6 aliphatic rings. The number of rotatable bonds is 39. The highest BCUT2D eigenvalue weighted by molar-refractivity contribution is 8.76. The van der Waals surface area contributed by atoms with Crippen molar-refractivity contribution < 1.29 is 77.1 Å². The summed E-state index contributed by atoms with van der Waals surface area (Å²) in [6.07, 6.45) is 5.94. The largest absolute Gasteiger partial charge is 0.496 e. The standard InChI is InChI=1S/C67H101N6O16S2/c1-7-64(78)44-48-43-63(4,58-50(15-21-72(46-48)47-64)49-13-10-11-14-53(49)70-58)52-41-51-54(42-55(52)80-6)71(5)60-66(51)18-22-73-20-12-17-65(8-2,59(66)73)61(76)67(60,79)56(74)45-69-62(77)89-38-40-91-90-39-19-68-57(75)16-23-82-26-27-84-30-31-86-34-35-88-37-36-87-33-32-85-29-28-83-25-24-81-9-3/h10-14,17,19,41-42,48,59-61,70,76,78-79H,7-9,15-16,18,20-40,43-47H2,1-6H3,(H,68,75)(H,69,77)/t48-,59-,60+,61+,63+,64-,65+,66+,67-/m0/s1. The van der Waals surface area contributed by atoms with Gasteiger partial charge in [-0.1, -0.05) is 65.8 Å². The highest BCUT2D eigenvalue weighted by Crippen LogP contribution is 2.67. The number of hydrogen-bond acceptors (Lipinski definition) is 21. The minimum absolute atomic E-state index is 0.0506. The number of methoxy groups -OCH3 is 1. The smallest absolute Gasteiger partial charge is 0.407 e. The number of aromatic nitrogens is 1. The number of anilines is 1. The van der Waals surface area contributed by atoms with Crippen molar-refractivity contribution in [1.29, 1.82) is 0 Å². The van der Waals surface area contributed by atoms with Crippen LogP contribution >= 0.6 is 21.6 Å². The van der Waals surface area contributed by atoms with Crippen LogP contribution in [0.3, 0.4) is 0 Å². The Kier molecular flexibility index (Phi) is 26.2. The molecule has 1 radical (unpaired) electrons. The number of Topliss-reactive ketones (excluding diaryl/α,β-unsaturated/α-hetero) is 1. The molecule has 3 fully saturated rings. The van der Waals surface area contributed by atoms with Gasteiger partial charge in [-0.15, -0.1) is 0 Å². The third-order valence-electron chi connectivity index (χ3n) is 19.7. The number of ketones is 1. The first-order valence-electron chi connectivity index (χ1n) is 32.9. The topological polar surface area (TPSA) is 254 Å². The van der Waals surface area contributed by atoms with Crippen LogP contribution in [0.2, 0.25) is 0 Å². The number of likely N-dealkylation sites (N-methyl/N-ethyl adjacent to an activating group) is 1. The highest BCUT2D eigenvalue weighted by atomic mass is 33.1. The van der Waals surface area contributed by atoms with Gasteiger partial charge in [-0.3, -0.25) is 19.4 Å². The van der Waals surface area contributed by atoms with E-state index in [0.717, 1.165) is 54.0 Å². The van der Waals surface area contributed by atoms with Crippen LogP contribution in [-0.4, -0.2) is 255 Å². The first-order chi connectivity index (χ1) is 44.1. The molecule has 2 saturated heterocycles. The highest BCUT2D eigenvalue weighted by Gasteiger charge is 2.78. The van der Waals surface area contributed by atoms with Crippen molar-refractivity contribution in [1.82, 2.24) is 25.4 Å². The van der Waals surface area contributed by atoms with Gasteiger partial charge in [0, 0.05) is 114 Å². The molecule has 6 N–H and O–H groups in total. The molecule has 1 aromatic heterocycles. The lowest BCUT2D eigenvalue weighted by Crippen LogP contribution is -2.81. The van der Waals surface area contributed by atoms with E-state index in [4.69, 9.17) is 47.4 Å². The number of hydrogen-bond donors (Lipinski definition) is 6. The molecule has 9 rings (SSSR count). The van der Waals surface area contributed by atoms with E-state index in [1.807, 2.05) is 31.9 Å². The number of para-hydroxylation sites is 1. The fourth-order valence-corrected chi connectivity index (χ4v) is 17.3. The Morgan fingerprint density at radius 2 is 1.43 bits per heavy atom. The van der Waals surface area contributed by atoms with Crippen LogP contribution in [0.5, 0.6) is 5.75 Å². The molecule has 2 aromatic carbocycles. The van der Waals surface area contributed by atoms with Crippen LogP contribution in [0.15, 0.2) is 48.6 Å². The lowest BCUT2D eigenvalue weighted by molar-refractivity contribution is -0.201. The van der Waals surface area contributed by atoms with Gasteiger partial charge in [-0.05, 0) is 88.1 Å². The molecular formula is C67H101N6O16S2. The summed E-state index contributed by atoms with van der Waals surface area (Å²) < 4.78 is 55.7. The molecule has 5 aliphatic heterocycles. The van der Waals surface area contributed by atoms with Crippen molar-refractivity contribution in [2.75, 3.05) is 182 Å². The molecule has 507 valence electrons. The predicted molar refractivity (Wildman–Crippen MR) is 351 cm³/mol. The number of nitrogens with one attached hydrogen (secondary N) is 3. The fourth-order valence-electron chi connectivity index (χ4n) is 15.7. The zero-order valence-electron chi connectivity index (χ0n) is 54.4. The maximum Gasteiger partial charge on any atom is 0.407 e. The predicted octanol–water partition coefficient (Wildman–Crippen LogP) is 5.59. The van der Waals surface area contributed by atoms with Gasteiger partial charge >= 0.3 is 6.09 Å². The first kappa shape index (κ1) is 71.2. The molecule has 24 heteroatoms. The van der Waals surface area contributed by atoms with Gasteiger partial charge in [0.2, 0.25) is 5.91 Å². The van der Waals surface area contributed by atoms with Gasteiger partial charge < -0.3 is 83.2 Å². The molecule has 1 spiro atoms. The van der Waals surface area contributed by atoms with Crippen LogP contribution in [0, 0.1) is 17.9 Å². The van der Waals surface area contributed by atoms with E-state index in [-0.39, 0.29) is 37.5 Å². The number of benzene rings is 2. The summed E-state index contributed by atoms with van der Waals surface area (Å²) in [4.78, 5) is 51.6. The Labute approximate surface area is 545 Å². The molecule has 22 nitrogen and oxygen atoms in total. The zero-order chi connectivity index (χ0) is 64.5. The zero-order valence-corrected chi connectivity index (χ0v) is 56.1. The molecule has 1 aliphatic carbocycles. The number of ether oxygens (including phenoxy) is 10. The number of amides is 2. The summed E-state index contributed by atoms with van der Waals surface area (Å²) in [5, 5.41) is 45.1. The number of alkyl carbamates (subject to hydrolysis) is 1. The summed E-state index contributed by atoms with van der Waals surface area (Å²) in [6, 6.07) is 11.7. The van der Waals surface area contributed by atoms with Crippen molar-refractivity contribution in [3.63, 3.8) is 0 Å². The van der Waals surface area contributed by atoms with Crippen LogP contribution in [0.25, 0.3) is 10.9 Å². The summed E-state index contributed by atoms with van der Waals surface area (Å²) in [5.41, 5.74) is 0.661. The molecular weight excluding hydrogens is 1210 g/mol. The minimum Gasteiger partial charge on any atom is -0.496 e. The average molecular weight is 1310 g/mol. The average Bonchev–Trinajstić information content (AvgIpc) is 1.52. The molecule has 10 atom stereocenters. The van der Waals surface area contributed by atoms with E-state index in [1.165, 1.54) is 32.5 Å². The minimum atomic E-state index is -2.34. The van der Waals surface area contributed by atoms with E-state index in [1.54, 1.807) is 13.7 Å². The van der Waals surface area contributed by atoms with Crippen molar-refractivity contribution in [3.8, 4) is 5.75 Å². The number of aliphatic hydroxyl groups is 3. The SMILES string of the molecule is CCOCCOCCOCCOCCOCCOCCOCCOCCC(=O)N[CH]CSSCCOC(=O)NCC(=O)[C@@]1(O)[C@H](O)[C@]2(CC)C=CCN3CC[C@@]4(c5cc([C@@]6(C)C[C@@H]7CN(CCc8c6[nH]c6ccccc86)C[C@](O)(CC)C7)c(OC)cc5N(C)[C@@H]14)[C@@H]32. The van der Waals surface area contributed by atoms with Gasteiger partial charge in [0.15, 0.2) is 11.4 Å². The Balaban J connectivity index is 0.711. The van der Waals surface area contributed by atoms with Gasteiger partial charge in [0.1, 0.15) is 18.5 Å². The quantitative estimate of drug-likeness (QED) is 0.0231. The molecule has 6 heterocycles. The monoisotopic (exact) mass is 1310 g/mol. The van der Waals surface area contributed by atoms with E-state index >= 15 is 4.79 Å². The van der Waals surface area contributed by atoms with Gasteiger partial charge in [-0.25, -0.2) is 4.79 Å². The van der Waals surface area contributed by atoms with Crippen LogP contribution in [-0.2, 0) is 69.5 Å². The van der Waals surface area contributed by atoms with Crippen molar-refractivity contribution in [2.45, 2.75) is 113 Å². The van der Waals surface area contributed by atoms with Gasteiger partial charge in [-0.2, -0.15) is 0 Å². The third kappa shape index (κ3) is 16.1. The van der Waals surface area contributed by atoms with Crippen molar-refractivity contribution >= 4 is 56.0 Å². The van der Waals surface area contributed by atoms with E-state index in [2.05, 4.69) is 81.7 Å². The maximum atomic E-state index is 15.2. The number of carbonyl (C=O) groups is 3. The summed E-state index contributed by atoms with van der Waals surface area (Å²) in [5.74, 6) is 0.930.